The maximum Gasteiger partial charge on any atom is 0.0502 e. The molecule has 0 saturated carbocycles. The van der Waals surface area contributed by atoms with Gasteiger partial charge in [-0.3, -0.25) is 0 Å². The van der Waals surface area contributed by atoms with E-state index in [0.29, 0.717) is 12.1 Å². The van der Waals surface area contributed by atoms with Gasteiger partial charge in [0.1, 0.15) is 0 Å². The van der Waals surface area contributed by atoms with E-state index >= 15 is 0 Å². The number of para-hydroxylation sites is 1. The molecule has 1 saturated heterocycles. The van der Waals surface area contributed by atoms with Crippen molar-refractivity contribution < 1.29 is 0 Å². The molecule has 0 bridgehead atoms. The molecular weight excluding hydrogens is 258 g/mol. The maximum absolute atomic E-state index is 3.44. The molecule has 4 rings (SSSR count). The van der Waals surface area contributed by atoms with Gasteiger partial charge in [0.25, 0.3) is 0 Å². The minimum atomic E-state index is 0.340. The zero-order valence-electron chi connectivity index (χ0n) is 12.1. The van der Waals surface area contributed by atoms with Crippen molar-refractivity contribution in [3.8, 4) is 0 Å². The van der Waals surface area contributed by atoms with Crippen LogP contribution < -0.4 is 10.9 Å². The third kappa shape index (κ3) is 2.24. The smallest absolute Gasteiger partial charge is 0.0502 e. The molecule has 3 N–H and O–H groups in total. The molecule has 106 valence electrons. The van der Waals surface area contributed by atoms with Gasteiger partial charge in [0, 0.05) is 23.1 Å². The Hall–Kier alpha value is -2.10. The molecule has 2 atom stereocenters. The van der Waals surface area contributed by atoms with Gasteiger partial charge in [-0.15, -0.1) is 0 Å². The lowest BCUT2D eigenvalue weighted by atomic mass is 9.97. The lowest BCUT2D eigenvalue weighted by Crippen LogP contribution is -2.26. The van der Waals surface area contributed by atoms with Crippen LogP contribution in [-0.4, -0.2) is 4.98 Å². The van der Waals surface area contributed by atoms with Gasteiger partial charge in [-0.1, -0.05) is 48.0 Å². The number of fused-ring (bicyclic) bond motifs is 1. The van der Waals surface area contributed by atoms with Crippen LogP contribution in [0.5, 0.6) is 0 Å². The van der Waals surface area contributed by atoms with Crippen molar-refractivity contribution in [2.45, 2.75) is 25.4 Å². The lowest BCUT2D eigenvalue weighted by Gasteiger charge is -2.10. The first kappa shape index (κ1) is 12.6. The van der Waals surface area contributed by atoms with Crippen molar-refractivity contribution in [2.75, 3.05) is 0 Å². The monoisotopic (exact) mass is 277 g/mol. The van der Waals surface area contributed by atoms with Crippen molar-refractivity contribution >= 4 is 10.9 Å². The Balaban J connectivity index is 1.60. The second-order valence-electron chi connectivity index (χ2n) is 5.83. The normalized spacial score (nSPS) is 22.0. The first-order valence-electron chi connectivity index (χ1n) is 7.45. The average Bonchev–Trinajstić information content (AvgIpc) is 3.14. The molecule has 1 aliphatic heterocycles. The summed E-state index contributed by atoms with van der Waals surface area (Å²) in [5.41, 5.74) is 12.1. The second kappa shape index (κ2) is 5.02. The zero-order chi connectivity index (χ0) is 14.2. The second-order valence-corrected chi connectivity index (χ2v) is 5.83. The lowest BCUT2D eigenvalue weighted by molar-refractivity contribution is 0.556. The molecule has 0 radical (unpaired) electrons. The van der Waals surface area contributed by atoms with Crippen molar-refractivity contribution in [1.82, 2.24) is 15.8 Å². The molecule has 1 aromatic heterocycles. The molecule has 2 heterocycles. The van der Waals surface area contributed by atoms with Crippen molar-refractivity contribution in [1.29, 1.82) is 0 Å². The van der Waals surface area contributed by atoms with E-state index in [1.807, 2.05) is 0 Å². The molecule has 0 aliphatic carbocycles. The Kier molecular flexibility index (Phi) is 3.02. The van der Waals surface area contributed by atoms with E-state index in [0.717, 1.165) is 6.42 Å². The minimum Gasteiger partial charge on any atom is -0.361 e. The van der Waals surface area contributed by atoms with Crippen LogP contribution in [0.15, 0.2) is 54.7 Å². The molecule has 2 unspecified atom stereocenters. The Bertz CT molecular complexity index is 757. The predicted molar refractivity (Wildman–Crippen MR) is 85.8 cm³/mol. The van der Waals surface area contributed by atoms with Gasteiger partial charge in [-0.2, -0.15) is 0 Å². The number of hydrogen-bond donors (Lipinski definition) is 3. The van der Waals surface area contributed by atoms with Crippen molar-refractivity contribution in [2.24, 2.45) is 0 Å². The van der Waals surface area contributed by atoms with E-state index in [9.17, 15) is 0 Å². The summed E-state index contributed by atoms with van der Waals surface area (Å²) in [6.07, 6.45) is 3.19. The van der Waals surface area contributed by atoms with E-state index < -0.39 is 0 Å². The predicted octanol–water partition coefficient (Wildman–Crippen LogP) is 3.76. The van der Waals surface area contributed by atoms with Crippen LogP contribution in [0.2, 0.25) is 0 Å². The zero-order valence-corrected chi connectivity index (χ0v) is 12.1. The summed E-state index contributed by atoms with van der Waals surface area (Å²) in [6, 6.07) is 18.0. The molecule has 21 heavy (non-hydrogen) atoms. The molecular formula is C18H19N3. The highest BCUT2D eigenvalue weighted by molar-refractivity contribution is 5.83. The SMILES string of the molecule is Cc1ccc(C2CC(c3c[nH]c4ccccc34)NN2)cc1. The fraction of sp³-hybridized carbons (Fsp3) is 0.222. The number of rotatable bonds is 2. The number of aryl methyl sites for hydroxylation is 1. The molecule has 0 spiro atoms. The molecule has 1 aliphatic rings. The van der Waals surface area contributed by atoms with E-state index in [1.54, 1.807) is 0 Å². The molecule has 3 heteroatoms. The maximum atomic E-state index is 3.44. The van der Waals surface area contributed by atoms with E-state index in [2.05, 4.69) is 77.5 Å². The van der Waals surface area contributed by atoms with Gasteiger partial charge < -0.3 is 4.98 Å². The molecule has 0 amide bonds. The number of benzene rings is 2. The summed E-state index contributed by atoms with van der Waals surface area (Å²) < 4.78 is 0. The molecule has 2 aromatic carbocycles. The van der Waals surface area contributed by atoms with Crippen LogP contribution in [0.25, 0.3) is 10.9 Å². The number of H-pyrrole nitrogens is 1. The number of aromatic nitrogens is 1. The van der Waals surface area contributed by atoms with Crippen LogP contribution in [0.4, 0.5) is 0 Å². The standard InChI is InChI=1S/C18H19N3/c1-12-6-8-13(9-7-12)17-10-18(21-20-17)15-11-19-16-5-3-2-4-14(15)16/h2-9,11,17-21H,10H2,1H3. The van der Waals surface area contributed by atoms with E-state index in [4.69, 9.17) is 0 Å². The fourth-order valence-corrected chi connectivity index (χ4v) is 3.16. The van der Waals surface area contributed by atoms with Gasteiger partial charge in [-0.25, -0.2) is 10.9 Å². The fourth-order valence-electron chi connectivity index (χ4n) is 3.16. The van der Waals surface area contributed by atoms with Gasteiger partial charge >= 0.3 is 0 Å². The highest BCUT2D eigenvalue weighted by Crippen LogP contribution is 2.34. The van der Waals surface area contributed by atoms with Crippen LogP contribution >= 0.6 is 0 Å². The molecule has 3 aromatic rings. The summed E-state index contributed by atoms with van der Waals surface area (Å²) in [6.45, 7) is 2.12. The van der Waals surface area contributed by atoms with Crippen LogP contribution in [0.3, 0.4) is 0 Å². The van der Waals surface area contributed by atoms with Gasteiger partial charge in [0.2, 0.25) is 0 Å². The first-order chi connectivity index (χ1) is 10.3. The Morgan fingerprint density at radius 1 is 0.905 bits per heavy atom. The quantitative estimate of drug-likeness (QED) is 0.667. The Labute approximate surface area is 124 Å². The minimum absolute atomic E-state index is 0.340. The Morgan fingerprint density at radius 3 is 2.52 bits per heavy atom. The summed E-state index contributed by atoms with van der Waals surface area (Å²) in [7, 11) is 0. The largest absolute Gasteiger partial charge is 0.361 e. The highest BCUT2D eigenvalue weighted by Gasteiger charge is 2.27. The topological polar surface area (TPSA) is 39.9 Å². The van der Waals surface area contributed by atoms with Crippen LogP contribution in [0.1, 0.15) is 35.2 Å². The average molecular weight is 277 g/mol. The van der Waals surface area contributed by atoms with Crippen molar-refractivity contribution in [3.63, 3.8) is 0 Å². The van der Waals surface area contributed by atoms with Crippen LogP contribution in [0, 0.1) is 6.92 Å². The first-order valence-corrected chi connectivity index (χ1v) is 7.45. The van der Waals surface area contributed by atoms with Crippen LogP contribution in [-0.2, 0) is 0 Å². The van der Waals surface area contributed by atoms with Crippen molar-refractivity contribution in [3.05, 3.63) is 71.4 Å². The third-order valence-electron chi connectivity index (χ3n) is 4.38. The summed E-state index contributed by atoms with van der Waals surface area (Å²) in [5, 5.41) is 1.31. The molecule has 3 nitrogen and oxygen atoms in total. The number of hydrazine groups is 1. The number of nitrogens with one attached hydrogen (secondary N) is 3. The molecule has 1 fully saturated rings. The van der Waals surface area contributed by atoms with E-state index in [1.165, 1.54) is 27.6 Å². The summed E-state index contributed by atoms with van der Waals surface area (Å²) in [4.78, 5) is 3.36. The number of aromatic amines is 1. The van der Waals surface area contributed by atoms with Gasteiger partial charge in [0.15, 0.2) is 0 Å². The highest BCUT2D eigenvalue weighted by atomic mass is 15.4. The summed E-state index contributed by atoms with van der Waals surface area (Å²) in [5.74, 6) is 0. The van der Waals surface area contributed by atoms with E-state index in [-0.39, 0.29) is 0 Å². The third-order valence-corrected chi connectivity index (χ3v) is 4.38. The van der Waals surface area contributed by atoms with Gasteiger partial charge in [-0.05, 0) is 30.5 Å². The number of hydrogen-bond acceptors (Lipinski definition) is 2. The Morgan fingerprint density at radius 2 is 1.67 bits per heavy atom. The van der Waals surface area contributed by atoms with Gasteiger partial charge in [0.05, 0.1) is 6.04 Å². The summed E-state index contributed by atoms with van der Waals surface area (Å²) >= 11 is 0.